The number of hydrogen-bond donors (Lipinski definition) is 3. The number of H-pyrrole nitrogens is 1. The van der Waals surface area contributed by atoms with E-state index in [1.54, 1.807) is 12.5 Å². The van der Waals surface area contributed by atoms with Crippen molar-refractivity contribution in [2.75, 3.05) is 10.6 Å². The standard InChI is InChI=1S/C15H15FN10/c1-8(12-17-3-9(16)4-18-12)21-15-23-13(10-5-20-25-14(10)24-15)22-11-6-26(2)7-19-11/h3-8H,1-2H3,(H3,20,21,22,23,24,25)/t8-/m1/s1. The van der Waals surface area contributed by atoms with Crippen molar-refractivity contribution in [3.63, 3.8) is 0 Å². The monoisotopic (exact) mass is 354 g/mol. The fourth-order valence-electron chi connectivity index (χ4n) is 2.40. The van der Waals surface area contributed by atoms with Crippen molar-refractivity contribution < 1.29 is 4.39 Å². The minimum atomic E-state index is -0.488. The number of fused-ring (bicyclic) bond motifs is 1. The molecule has 11 heteroatoms. The summed E-state index contributed by atoms with van der Waals surface area (Å²) >= 11 is 0. The number of anilines is 3. The van der Waals surface area contributed by atoms with Gasteiger partial charge in [-0.25, -0.2) is 19.3 Å². The Morgan fingerprint density at radius 3 is 2.69 bits per heavy atom. The Morgan fingerprint density at radius 2 is 1.96 bits per heavy atom. The number of halogens is 1. The second-order valence-electron chi connectivity index (χ2n) is 5.70. The number of hydrogen-bond acceptors (Lipinski definition) is 8. The van der Waals surface area contributed by atoms with Crippen LogP contribution >= 0.6 is 0 Å². The molecule has 0 aliphatic rings. The van der Waals surface area contributed by atoms with Crippen LogP contribution in [-0.2, 0) is 7.05 Å². The third-order valence-electron chi connectivity index (χ3n) is 3.63. The molecule has 0 saturated heterocycles. The van der Waals surface area contributed by atoms with Gasteiger partial charge in [0.2, 0.25) is 5.95 Å². The molecule has 3 N–H and O–H groups in total. The third-order valence-corrected chi connectivity index (χ3v) is 3.63. The van der Waals surface area contributed by atoms with Gasteiger partial charge in [0.05, 0.1) is 36.3 Å². The number of aromatic nitrogens is 8. The Balaban J connectivity index is 1.63. The highest BCUT2D eigenvalue weighted by molar-refractivity contribution is 5.88. The van der Waals surface area contributed by atoms with Gasteiger partial charge in [-0.15, -0.1) is 0 Å². The van der Waals surface area contributed by atoms with E-state index in [0.29, 0.717) is 29.1 Å². The molecule has 0 amide bonds. The highest BCUT2D eigenvalue weighted by Crippen LogP contribution is 2.24. The first-order valence-electron chi connectivity index (χ1n) is 7.78. The Kier molecular flexibility index (Phi) is 3.88. The van der Waals surface area contributed by atoms with E-state index in [1.165, 1.54) is 0 Å². The first-order valence-corrected chi connectivity index (χ1v) is 7.78. The lowest BCUT2D eigenvalue weighted by Gasteiger charge is -2.13. The number of imidazole rings is 1. The molecule has 0 aliphatic heterocycles. The minimum absolute atomic E-state index is 0.321. The maximum absolute atomic E-state index is 13.0. The molecule has 0 fully saturated rings. The predicted molar refractivity (Wildman–Crippen MR) is 92.2 cm³/mol. The van der Waals surface area contributed by atoms with Crippen LogP contribution in [0.2, 0.25) is 0 Å². The summed E-state index contributed by atoms with van der Waals surface area (Å²) in [6, 6.07) is -0.321. The van der Waals surface area contributed by atoms with Gasteiger partial charge in [-0.3, -0.25) is 5.10 Å². The molecule has 4 heterocycles. The van der Waals surface area contributed by atoms with Gasteiger partial charge in [0.25, 0.3) is 0 Å². The van der Waals surface area contributed by atoms with E-state index in [0.717, 1.165) is 17.8 Å². The normalized spacial score (nSPS) is 12.3. The molecule has 4 rings (SSSR count). The minimum Gasteiger partial charge on any atom is -0.344 e. The second-order valence-corrected chi connectivity index (χ2v) is 5.70. The first-order chi connectivity index (χ1) is 12.6. The lowest BCUT2D eigenvalue weighted by Crippen LogP contribution is -2.13. The molecule has 132 valence electrons. The molecule has 4 aromatic heterocycles. The zero-order chi connectivity index (χ0) is 18.1. The van der Waals surface area contributed by atoms with Crippen molar-refractivity contribution in [3.05, 3.63) is 42.8 Å². The largest absolute Gasteiger partial charge is 0.344 e. The van der Waals surface area contributed by atoms with Crippen molar-refractivity contribution in [2.24, 2.45) is 7.05 Å². The Morgan fingerprint density at radius 1 is 1.15 bits per heavy atom. The summed E-state index contributed by atoms with van der Waals surface area (Å²) in [6.07, 6.45) is 7.39. The van der Waals surface area contributed by atoms with Gasteiger partial charge < -0.3 is 15.2 Å². The predicted octanol–water partition coefficient (Wildman–Crippen LogP) is 1.93. The molecular formula is C15H15FN10. The van der Waals surface area contributed by atoms with Crippen molar-refractivity contribution in [1.29, 1.82) is 0 Å². The summed E-state index contributed by atoms with van der Waals surface area (Å²) in [5, 5.41) is 13.8. The van der Waals surface area contributed by atoms with E-state index < -0.39 is 5.82 Å². The topological polar surface area (TPSA) is 122 Å². The van der Waals surface area contributed by atoms with Crippen LogP contribution in [0.3, 0.4) is 0 Å². The van der Waals surface area contributed by atoms with Crippen molar-refractivity contribution in [3.8, 4) is 0 Å². The first kappa shape index (κ1) is 15.9. The maximum atomic E-state index is 13.0. The molecule has 0 aromatic carbocycles. The van der Waals surface area contributed by atoms with E-state index >= 15 is 0 Å². The summed E-state index contributed by atoms with van der Waals surface area (Å²) in [5.41, 5.74) is 0.563. The quantitative estimate of drug-likeness (QED) is 0.497. The number of aryl methyl sites for hydroxylation is 1. The van der Waals surface area contributed by atoms with Crippen LogP contribution in [-0.4, -0.2) is 39.7 Å². The van der Waals surface area contributed by atoms with E-state index in [-0.39, 0.29) is 6.04 Å². The van der Waals surface area contributed by atoms with Gasteiger partial charge in [0.1, 0.15) is 17.5 Å². The fraction of sp³-hybridized carbons (Fsp3) is 0.200. The lowest BCUT2D eigenvalue weighted by atomic mass is 10.3. The average molecular weight is 354 g/mol. The lowest BCUT2D eigenvalue weighted by molar-refractivity contribution is 0.604. The zero-order valence-electron chi connectivity index (χ0n) is 14.0. The number of nitrogens with zero attached hydrogens (tertiary/aromatic N) is 7. The Hall–Kier alpha value is -3.63. The summed E-state index contributed by atoms with van der Waals surface area (Å²) in [7, 11) is 1.88. The zero-order valence-corrected chi connectivity index (χ0v) is 14.0. The second kappa shape index (κ2) is 6.35. The van der Waals surface area contributed by atoms with Gasteiger partial charge >= 0.3 is 0 Å². The van der Waals surface area contributed by atoms with Crippen LogP contribution in [0.25, 0.3) is 11.0 Å². The van der Waals surface area contributed by atoms with Crippen LogP contribution in [0, 0.1) is 5.82 Å². The highest BCUT2D eigenvalue weighted by Gasteiger charge is 2.14. The van der Waals surface area contributed by atoms with Crippen LogP contribution in [0.1, 0.15) is 18.8 Å². The van der Waals surface area contributed by atoms with Crippen LogP contribution in [0.4, 0.5) is 22.0 Å². The van der Waals surface area contributed by atoms with Gasteiger partial charge in [-0.2, -0.15) is 15.1 Å². The Labute approximate surface area is 147 Å². The van der Waals surface area contributed by atoms with Gasteiger partial charge in [0, 0.05) is 13.2 Å². The molecule has 4 aromatic rings. The van der Waals surface area contributed by atoms with E-state index in [1.807, 2.05) is 24.7 Å². The molecule has 0 aliphatic carbocycles. The number of nitrogens with one attached hydrogen (secondary N) is 3. The van der Waals surface area contributed by atoms with Gasteiger partial charge in [0.15, 0.2) is 11.5 Å². The third kappa shape index (κ3) is 3.14. The molecule has 0 bridgehead atoms. The smallest absolute Gasteiger partial charge is 0.227 e. The van der Waals surface area contributed by atoms with Gasteiger partial charge in [-0.1, -0.05) is 0 Å². The molecule has 26 heavy (non-hydrogen) atoms. The summed E-state index contributed by atoms with van der Waals surface area (Å²) in [6.45, 7) is 1.83. The molecule has 0 unspecified atom stereocenters. The van der Waals surface area contributed by atoms with Crippen molar-refractivity contribution in [1.82, 2.24) is 39.7 Å². The highest BCUT2D eigenvalue weighted by atomic mass is 19.1. The van der Waals surface area contributed by atoms with E-state index in [2.05, 4.69) is 45.8 Å². The van der Waals surface area contributed by atoms with Crippen LogP contribution < -0.4 is 10.6 Å². The van der Waals surface area contributed by atoms with Gasteiger partial charge in [-0.05, 0) is 6.92 Å². The fourth-order valence-corrected chi connectivity index (χ4v) is 2.40. The summed E-state index contributed by atoms with van der Waals surface area (Å²) in [5.74, 6) is 1.49. The molecule has 0 saturated carbocycles. The molecule has 0 spiro atoms. The SMILES string of the molecule is C[C@@H](Nc1nc(Nc2cn(C)cn2)c2cn[nH]c2n1)c1ncc(F)cn1. The average Bonchev–Trinajstić information content (AvgIpc) is 3.24. The number of aromatic amines is 1. The van der Waals surface area contributed by atoms with E-state index in [9.17, 15) is 4.39 Å². The van der Waals surface area contributed by atoms with Crippen molar-refractivity contribution >= 4 is 28.6 Å². The summed E-state index contributed by atoms with van der Waals surface area (Å²) < 4.78 is 14.8. The van der Waals surface area contributed by atoms with Crippen LogP contribution in [0.5, 0.6) is 0 Å². The molecule has 0 radical (unpaired) electrons. The Bertz CT molecular complexity index is 1040. The molecule has 10 nitrogen and oxygen atoms in total. The van der Waals surface area contributed by atoms with Crippen molar-refractivity contribution in [2.45, 2.75) is 13.0 Å². The number of rotatable bonds is 5. The maximum Gasteiger partial charge on any atom is 0.227 e. The summed E-state index contributed by atoms with van der Waals surface area (Å²) in [4.78, 5) is 21.0. The van der Waals surface area contributed by atoms with E-state index in [4.69, 9.17) is 0 Å². The molecular weight excluding hydrogens is 339 g/mol. The molecule has 1 atom stereocenters. The van der Waals surface area contributed by atoms with Crippen LogP contribution in [0.15, 0.2) is 31.1 Å².